The first-order chi connectivity index (χ1) is 9.46. The molecule has 0 atom stereocenters. The number of halogens is 1. The highest BCUT2D eigenvalue weighted by Gasteiger charge is 2.08. The Morgan fingerprint density at radius 3 is 2.60 bits per heavy atom. The molecule has 0 radical (unpaired) electrons. The van der Waals surface area contributed by atoms with Crippen LogP contribution in [0.5, 0.6) is 0 Å². The average molecular weight is 296 g/mol. The Balaban J connectivity index is 2.17. The van der Waals surface area contributed by atoms with Crippen molar-refractivity contribution in [2.24, 2.45) is 0 Å². The minimum absolute atomic E-state index is 0.102. The summed E-state index contributed by atoms with van der Waals surface area (Å²) in [6, 6.07) is 6.16. The largest absolute Gasteiger partial charge is 0.270 e. The lowest BCUT2D eigenvalue weighted by Crippen LogP contribution is -2.07. The van der Waals surface area contributed by atoms with Gasteiger partial charge in [0.1, 0.15) is 5.82 Å². The Morgan fingerprint density at radius 2 is 1.95 bits per heavy atom. The van der Waals surface area contributed by atoms with E-state index in [4.69, 9.17) is 0 Å². The van der Waals surface area contributed by atoms with Crippen molar-refractivity contribution in [3.05, 3.63) is 48.0 Å². The second-order valence-corrected chi connectivity index (χ2v) is 5.80. The molecular formula is C13H13FN2O3S. The smallest absolute Gasteiger partial charge is 0.264 e. The van der Waals surface area contributed by atoms with E-state index in [9.17, 15) is 12.8 Å². The van der Waals surface area contributed by atoms with Crippen LogP contribution in [0.4, 0.5) is 4.39 Å². The fraction of sp³-hybridized carbons (Fsp3) is 0.231. The van der Waals surface area contributed by atoms with Crippen molar-refractivity contribution >= 4 is 10.1 Å². The highest BCUT2D eigenvalue weighted by molar-refractivity contribution is 7.85. The van der Waals surface area contributed by atoms with E-state index in [2.05, 4.69) is 14.2 Å². The quantitative estimate of drug-likeness (QED) is 0.787. The minimum atomic E-state index is -3.52. The summed E-state index contributed by atoms with van der Waals surface area (Å²) in [6.45, 7) is -0.102. The van der Waals surface area contributed by atoms with Gasteiger partial charge in [-0.15, -0.1) is 0 Å². The summed E-state index contributed by atoms with van der Waals surface area (Å²) < 4.78 is 40.0. The van der Waals surface area contributed by atoms with Crippen molar-refractivity contribution in [1.82, 2.24) is 9.97 Å². The third kappa shape index (κ3) is 4.07. The summed E-state index contributed by atoms with van der Waals surface area (Å²) in [6.07, 6.45) is 4.30. The van der Waals surface area contributed by atoms with Gasteiger partial charge in [-0.2, -0.15) is 8.42 Å². The zero-order valence-electron chi connectivity index (χ0n) is 10.8. The fourth-order valence-electron chi connectivity index (χ4n) is 1.66. The SMILES string of the molecule is CS(=O)(=O)OCCc1cc(-c2ncccn2)ccc1F. The van der Waals surface area contributed by atoms with Gasteiger partial charge in [0.15, 0.2) is 5.82 Å². The number of benzene rings is 1. The Labute approximate surface area is 116 Å². The molecule has 0 fully saturated rings. The van der Waals surface area contributed by atoms with E-state index >= 15 is 0 Å². The molecule has 5 nitrogen and oxygen atoms in total. The van der Waals surface area contributed by atoms with Gasteiger partial charge in [-0.05, 0) is 29.8 Å². The van der Waals surface area contributed by atoms with Gasteiger partial charge in [0, 0.05) is 24.4 Å². The second-order valence-electron chi connectivity index (χ2n) is 4.15. The van der Waals surface area contributed by atoms with E-state index < -0.39 is 15.9 Å². The zero-order valence-corrected chi connectivity index (χ0v) is 11.6. The van der Waals surface area contributed by atoms with E-state index in [1.807, 2.05) is 0 Å². The third-order valence-corrected chi connectivity index (χ3v) is 3.13. The lowest BCUT2D eigenvalue weighted by molar-refractivity contribution is 0.324. The summed E-state index contributed by atoms with van der Waals surface area (Å²) in [5.74, 6) is 0.0690. The molecule has 0 N–H and O–H groups in total. The van der Waals surface area contributed by atoms with Gasteiger partial charge < -0.3 is 0 Å². The van der Waals surface area contributed by atoms with Crippen LogP contribution in [0.25, 0.3) is 11.4 Å². The van der Waals surface area contributed by atoms with Crippen LogP contribution >= 0.6 is 0 Å². The first-order valence-electron chi connectivity index (χ1n) is 5.86. The van der Waals surface area contributed by atoms with Crippen molar-refractivity contribution in [2.45, 2.75) is 6.42 Å². The van der Waals surface area contributed by atoms with Crippen LogP contribution in [0.1, 0.15) is 5.56 Å². The predicted molar refractivity (Wildman–Crippen MR) is 71.9 cm³/mol. The molecule has 2 rings (SSSR count). The average Bonchev–Trinajstić information content (AvgIpc) is 2.40. The molecule has 7 heteroatoms. The molecule has 106 valence electrons. The molecule has 0 amide bonds. The number of rotatable bonds is 5. The maximum Gasteiger partial charge on any atom is 0.264 e. The van der Waals surface area contributed by atoms with Crippen molar-refractivity contribution in [2.75, 3.05) is 12.9 Å². The number of aromatic nitrogens is 2. The summed E-state index contributed by atoms with van der Waals surface area (Å²) in [4.78, 5) is 8.16. The van der Waals surface area contributed by atoms with E-state index in [1.165, 1.54) is 6.07 Å². The Morgan fingerprint density at radius 1 is 1.25 bits per heavy atom. The van der Waals surface area contributed by atoms with Crippen LogP contribution in [0.3, 0.4) is 0 Å². The molecule has 0 aliphatic heterocycles. The van der Waals surface area contributed by atoms with Gasteiger partial charge >= 0.3 is 0 Å². The van der Waals surface area contributed by atoms with Crippen LogP contribution in [-0.4, -0.2) is 31.2 Å². The molecule has 0 unspecified atom stereocenters. The molecule has 0 aliphatic carbocycles. The van der Waals surface area contributed by atoms with Gasteiger partial charge in [0.05, 0.1) is 12.9 Å². The second kappa shape index (κ2) is 6.06. The summed E-state index contributed by atoms with van der Waals surface area (Å²) in [5.41, 5.74) is 1.03. The monoisotopic (exact) mass is 296 g/mol. The van der Waals surface area contributed by atoms with Crippen molar-refractivity contribution < 1.29 is 17.0 Å². The predicted octanol–water partition coefficient (Wildman–Crippen LogP) is 1.80. The van der Waals surface area contributed by atoms with E-state index in [0.29, 0.717) is 17.0 Å². The molecule has 1 aromatic carbocycles. The number of hydrogen-bond acceptors (Lipinski definition) is 5. The maximum atomic E-state index is 13.7. The molecule has 0 saturated carbocycles. The standard InChI is InChI=1S/C13H13FN2O3S/c1-20(17,18)19-8-5-10-9-11(3-4-12(10)14)13-15-6-2-7-16-13/h2-4,6-7,9H,5,8H2,1H3. The van der Waals surface area contributed by atoms with Crippen LogP contribution in [-0.2, 0) is 20.7 Å². The molecule has 0 bridgehead atoms. The van der Waals surface area contributed by atoms with Gasteiger partial charge in [0.2, 0.25) is 0 Å². The Hall–Kier alpha value is -1.86. The molecule has 1 aromatic heterocycles. The minimum Gasteiger partial charge on any atom is -0.270 e. The normalized spacial score (nSPS) is 11.5. The van der Waals surface area contributed by atoms with Gasteiger partial charge in [-0.1, -0.05) is 0 Å². The lowest BCUT2D eigenvalue weighted by Gasteiger charge is -2.06. The molecular weight excluding hydrogens is 283 g/mol. The van der Waals surface area contributed by atoms with Crippen LogP contribution in [0, 0.1) is 5.82 Å². The Bertz CT molecular complexity index is 690. The van der Waals surface area contributed by atoms with Crippen LogP contribution in [0.15, 0.2) is 36.7 Å². The molecule has 2 aromatic rings. The Kier molecular flexibility index (Phi) is 4.41. The topological polar surface area (TPSA) is 69.2 Å². The first kappa shape index (κ1) is 14.5. The number of hydrogen-bond donors (Lipinski definition) is 0. The molecule has 1 heterocycles. The zero-order chi connectivity index (χ0) is 14.6. The van der Waals surface area contributed by atoms with Gasteiger partial charge in [0.25, 0.3) is 10.1 Å². The van der Waals surface area contributed by atoms with Crippen molar-refractivity contribution in [3.8, 4) is 11.4 Å². The molecule has 0 spiro atoms. The number of nitrogens with zero attached hydrogens (tertiary/aromatic N) is 2. The highest BCUT2D eigenvalue weighted by Crippen LogP contribution is 2.19. The lowest BCUT2D eigenvalue weighted by atomic mass is 10.1. The van der Waals surface area contributed by atoms with E-state index in [0.717, 1.165) is 6.26 Å². The summed E-state index contributed by atoms with van der Waals surface area (Å²) >= 11 is 0. The summed E-state index contributed by atoms with van der Waals surface area (Å²) in [5, 5.41) is 0. The van der Waals surface area contributed by atoms with Crippen molar-refractivity contribution in [1.29, 1.82) is 0 Å². The summed E-state index contributed by atoms with van der Waals surface area (Å²) in [7, 11) is -3.52. The van der Waals surface area contributed by atoms with E-state index in [-0.39, 0.29) is 13.0 Å². The van der Waals surface area contributed by atoms with Crippen LogP contribution in [0.2, 0.25) is 0 Å². The van der Waals surface area contributed by atoms with Crippen LogP contribution < -0.4 is 0 Å². The van der Waals surface area contributed by atoms with Gasteiger partial charge in [-0.3, -0.25) is 4.18 Å². The first-order valence-corrected chi connectivity index (χ1v) is 7.67. The molecule has 0 saturated heterocycles. The van der Waals surface area contributed by atoms with Crippen molar-refractivity contribution in [3.63, 3.8) is 0 Å². The van der Waals surface area contributed by atoms with Gasteiger partial charge in [-0.25, -0.2) is 14.4 Å². The molecule has 20 heavy (non-hydrogen) atoms. The maximum absolute atomic E-state index is 13.7. The van der Waals surface area contributed by atoms with E-state index in [1.54, 1.807) is 30.6 Å². The highest BCUT2D eigenvalue weighted by atomic mass is 32.2. The third-order valence-electron chi connectivity index (χ3n) is 2.54. The fourth-order valence-corrected chi connectivity index (χ4v) is 2.04. The molecule has 0 aliphatic rings.